The van der Waals surface area contributed by atoms with E-state index in [2.05, 4.69) is 4.98 Å². The monoisotopic (exact) mass is 201 g/mol. The van der Waals surface area contributed by atoms with Crippen molar-refractivity contribution in [1.82, 2.24) is 4.98 Å². The van der Waals surface area contributed by atoms with Crippen LogP contribution in [0.1, 0.15) is 9.67 Å². The third kappa shape index (κ3) is 1.05. The van der Waals surface area contributed by atoms with Crippen molar-refractivity contribution >= 4 is 38.2 Å². The zero-order chi connectivity index (χ0) is 8.72. The first-order valence-electron chi connectivity index (χ1n) is 3.03. The minimum atomic E-state index is -0.954. The zero-order valence-electron chi connectivity index (χ0n) is 5.66. The molecule has 0 aromatic carbocycles. The Labute approximate surface area is 74.1 Å². The number of aromatic nitrogens is 1. The van der Waals surface area contributed by atoms with Crippen LogP contribution in [0.5, 0.6) is 0 Å². The Morgan fingerprint density at radius 2 is 2.25 bits per heavy atom. The lowest BCUT2D eigenvalue weighted by atomic mass is 10.4. The summed E-state index contributed by atoms with van der Waals surface area (Å²) in [5.41, 5.74) is 0.618. The molecule has 0 atom stereocenters. The van der Waals surface area contributed by atoms with Gasteiger partial charge in [0.2, 0.25) is 0 Å². The first-order valence-corrected chi connectivity index (χ1v) is 4.66. The van der Waals surface area contributed by atoms with Crippen LogP contribution < -0.4 is 4.87 Å². The fraction of sp³-hybridized carbons (Fsp3) is 0. The van der Waals surface area contributed by atoms with Gasteiger partial charge in [-0.15, -0.1) is 11.3 Å². The van der Waals surface area contributed by atoms with Crippen molar-refractivity contribution in [3.8, 4) is 0 Å². The number of aromatic carboxylic acids is 1. The Hall–Kier alpha value is -1.14. The molecule has 62 valence electrons. The molecule has 0 aliphatic heterocycles. The van der Waals surface area contributed by atoms with Gasteiger partial charge in [-0.1, -0.05) is 11.3 Å². The second kappa shape index (κ2) is 2.43. The van der Waals surface area contributed by atoms with Crippen LogP contribution in [0.2, 0.25) is 0 Å². The van der Waals surface area contributed by atoms with Crippen molar-refractivity contribution in [2.75, 3.05) is 0 Å². The molecule has 2 N–H and O–H groups in total. The smallest absolute Gasteiger partial charge is 0.345 e. The number of thiazole rings is 1. The summed E-state index contributed by atoms with van der Waals surface area (Å²) in [5.74, 6) is -0.954. The van der Waals surface area contributed by atoms with E-state index in [0.717, 1.165) is 26.7 Å². The van der Waals surface area contributed by atoms with E-state index in [-0.39, 0.29) is 9.75 Å². The predicted molar refractivity (Wildman–Crippen MR) is 47.3 cm³/mol. The maximum atomic E-state index is 10.8. The number of carboxylic acid groups (broad SMARTS) is 1. The quantitative estimate of drug-likeness (QED) is 0.731. The van der Waals surface area contributed by atoms with E-state index < -0.39 is 5.97 Å². The third-order valence-corrected chi connectivity index (χ3v) is 3.44. The normalized spacial score (nSPS) is 10.7. The van der Waals surface area contributed by atoms with Crippen molar-refractivity contribution < 1.29 is 9.90 Å². The van der Waals surface area contributed by atoms with E-state index in [4.69, 9.17) is 5.11 Å². The summed E-state index contributed by atoms with van der Waals surface area (Å²) in [5, 5.41) is 8.60. The van der Waals surface area contributed by atoms with Gasteiger partial charge in [-0.2, -0.15) is 0 Å². The molecular formula is C6H3NO3S2. The van der Waals surface area contributed by atoms with E-state index in [1.807, 2.05) is 0 Å². The second-order valence-corrected chi connectivity index (χ2v) is 4.43. The third-order valence-electron chi connectivity index (χ3n) is 1.33. The molecule has 2 rings (SSSR count). The molecule has 4 nitrogen and oxygen atoms in total. The van der Waals surface area contributed by atoms with Gasteiger partial charge in [0.1, 0.15) is 8.89 Å². The molecule has 0 radical (unpaired) electrons. The number of hydrogen-bond acceptors (Lipinski definition) is 4. The molecule has 2 aromatic heterocycles. The number of thiophene rings is 1. The number of fused-ring (bicyclic) bond motifs is 1. The number of carbonyl (C=O) groups is 1. The van der Waals surface area contributed by atoms with Gasteiger partial charge in [-0.25, -0.2) is 4.79 Å². The average molecular weight is 201 g/mol. The molecule has 0 fully saturated rings. The van der Waals surface area contributed by atoms with Crippen molar-refractivity contribution in [1.29, 1.82) is 0 Å². The highest BCUT2D eigenvalue weighted by Crippen LogP contribution is 2.25. The molecular weight excluding hydrogens is 198 g/mol. The first-order chi connectivity index (χ1) is 5.66. The molecule has 12 heavy (non-hydrogen) atoms. The van der Waals surface area contributed by atoms with Crippen LogP contribution in [0, 0.1) is 0 Å². The largest absolute Gasteiger partial charge is 0.477 e. The SMILES string of the molecule is O=C(O)c1cc2[nH]c(=O)sc2s1. The summed E-state index contributed by atoms with van der Waals surface area (Å²) >= 11 is 2.15. The molecule has 6 heteroatoms. The molecule has 0 saturated heterocycles. The number of rotatable bonds is 1. The summed E-state index contributed by atoms with van der Waals surface area (Å²) in [6.07, 6.45) is 0. The van der Waals surface area contributed by atoms with Gasteiger partial charge >= 0.3 is 10.8 Å². The maximum Gasteiger partial charge on any atom is 0.345 e. The van der Waals surface area contributed by atoms with Crippen LogP contribution in [0.25, 0.3) is 9.53 Å². The van der Waals surface area contributed by atoms with Crippen molar-refractivity contribution in [2.24, 2.45) is 0 Å². The minimum absolute atomic E-state index is 0.145. The standard InChI is InChI=1S/C6H3NO3S2/c8-4(9)3-1-2-5(11-3)12-6(10)7-2/h1H,(H,7,10)(H,8,9). The molecule has 0 amide bonds. The fourth-order valence-electron chi connectivity index (χ4n) is 0.862. The van der Waals surface area contributed by atoms with E-state index in [9.17, 15) is 9.59 Å². The Morgan fingerprint density at radius 1 is 1.50 bits per heavy atom. The number of hydrogen-bond donors (Lipinski definition) is 2. The summed E-state index contributed by atoms with van der Waals surface area (Å²) < 4.78 is 0.734. The van der Waals surface area contributed by atoms with E-state index in [0.29, 0.717) is 5.52 Å². The molecule has 0 bridgehead atoms. The summed E-state index contributed by atoms with van der Waals surface area (Å²) in [6.45, 7) is 0. The van der Waals surface area contributed by atoms with Gasteiger partial charge in [0.05, 0.1) is 5.52 Å². The molecule has 0 spiro atoms. The van der Waals surface area contributed by atoms with Crippen LogP contribution in [-0.4, -0.2) is 16.1 Å². The van der Waals surface area contributed by atoms with Gasteiger partial charge in [0.15, 0.2) is 0 Å². The Balaban J connectivity index is 2.72. The van der Waals surface area contributed by atoms with Gasteiger partial charge in [0, 0.05) is 0 Å². The number of aromatic amines is 1. The summed E-state index contributed by atoms with van der Waals surface area (Å²) in [7, 11) is 0. The predicted octanol–water partition coefficient (Wildman–Crippen LogP) is 1.35. The highest BCUT2D eigenvalue weighted by molar-refractivity contribution is 7.37. The minimum Gasteiger partial charge on any atom is -0.477 e. The van der Waals surface area contributed by atoms with Gasteiger partial charge in [0.25, 0.3) is 0 Å². The van der Waals surface area contributed by atoms with Gasteiger partial charge in [-0.3, -0.25) is 4.79 Å². The molecule has 0 saturated carbocycles. The molecule has 2 heterocycles. The Kier molecular flexibility index (Phi) is 1.52. The number of carboxylic acids is 1. The van der Waals surface area contributed by atoms with Gasteiger partial charge in [-0.05, 0) is 6.07 Å². The number of H-pyrrole nitrogens is 1. The lowest BCUT2D eigenvalue weighted by Gasteiger charge is -1.79. The van der Waals surface area contributed by atoms with E-state index >= 15 is 0 Å². The van der Waals surface area contributed by atoms with Crippen molar-refractivity contribution in [2.45, 2.75) is 0 Å². The first kappa shape index (κ1) is 7.51. The van der Waals surface area contributed by atoms with Crippen LogP contribution >= 0.6 is 22.7 Å². The number of nitrogens with one attached hydrogen (secondary N) is 1. The molecule has 0 aliphatic rings. The van der Waals surface area contributed by atoms with Gasteiger partial charge < -0.3 is 10.1 Å². The summed E-state index contributed by atoms with van der Waals surface area (Å²) in [4.78, 5) is 23.9. The molecule has 0 aliphatic carbocycles. The lowest BCUT2D eigenvalue weighted by molar-refractivity contribution is 0.0702. The van der Waals surface area contributed by atoms with Crippen LogP contribution in [0.3, 0.4) is 0 Å². The second-order valence-electron chi connectivity index (χ2n) is 2.13. The Morgan fingerprint density at radius 3 is 2.83 bits per heavy atom. The summed E-state index contributed by atoms with van der Waals surface area (Å²) in [6, 6.07) is 1.47. The zero-order valence-corrected chi connectivity index (χ0v) is 7.29. The lowest BCUT2D eigenvalue weighted by Crippen LogP contribution is -1.92. The molecule has 2 aromatic rings. The molecule has 0 unspecified atom stereocenters. The maximum absolute atomic E-state index is 10.8. The van der Waals surface area contributed by atoms with Crippen LogP contribution in [0.15, 0.2) is 10.9 Å². The van der Waals surface area contributed by atoms with Crippen LogP contribution in [-0.2, 0) is 0 Å². The average Bonchev–Trinajstić information content (AvgIpc) is 2.42. The highest BCUT2D eigenvalue weighted by Gasteiger charge is 2.10. The van der Waals surface area contributed by atoms with Crippen molar-refractivity contribution in [3.05, 3.63) is 20.6 Å². The van der Waals surface area contributed by atoms with Crippen molar-refractivity contribution in [3.63, 3.8) is 0 Å². The fourth-order valence-corrected chi connectivity index (χ4v) is 2.76. The highest BCUT2D eigenvalue weighted by atomic mass is 32.2. The topological polar surface area (TPSA) is 70.2 Å². The van der Waals surface area contributed by atoms with E-state index in [1.54, 1.807) is 0 Å². The van der Waals surface area contributed by atoms with Crippen LogP contribution in [0.4, 0.5) is 0 Å². The Bertz CT molecular complexity index is 458. The van der Waals surface area contributed by atoms with E-state index in [1.165, 1.54) is 6.07 Å².